The van der Waals surface area contributed by atoms with Gasteiger partial charge < -0.3 is 19.7 Å². The lowest BCUT2D eigenvalue weighted by Crippen LogP contribution is -2.36. The van der Waals surface area contributed by atoms with Crippen molar-refractivity contribution >= 4 is 28.2 Å². The van der Waals surface area contributed by atoms with Crippen molar-refractivity contribution in [2.24, 2.45) is 5.92 Å². The molecule has 1 saturated heterocycles. The number of anilines is 2. The lowest BCUT2D eigenvalue weighted by Gasteiger charge is -2.25. The predicted octanol–water partition coefficient (Wildman–Crippen LogP) is 4.71. The van der Waals surface area contributed by atoms with Crippen LogP contribution in [0.4, 0.5) is 11.5 Å². The number of fused-ring (bicyclic) bond motifs is 1. The molecule has 35 heavy (non-hydrogen) atoms. The van der Waals surface area contributed by atoms with Gasteiger partial charge in [0.1, 0.15) is 11.6 Å². The van der Waals surface area contributed by atoms with Gasteiger partial charge in [0, 0.05) is 48.7 Å². The Morgan fingerprint density at radius 1 is 1.11 bits per heavy atom. The summed E-state index contributed by atoms with van der Waals surface area (Å²) in [5.41, 5.74) is 2.62. The summed E-state index contributed by atoms with van der Waals surface area (Å²) in [5.74, 6) is 1.44. The van der Waals surface area contributed by atoms with Crippen LogP contribution in [-0.4, -0.2) is 54.2 Å². The van der Waals surface area contributed by atoms with Crippen LogP contribution in [0.1, 0.15) is 15.9 Å². The molecule has 1 aliphatic heterocycles. The maximum atomic E-state index is 13.6. The van der Waals surface area contributed by atoms with E-state index in [4.69, 9.17) is 9.47 Å². The molecule has 1 N–H and O–H groups in total. The number of hydrogen-bond donors (Lipinski definition) is 1. The van der Waals surface area contributed by atoms with Crippen molar-refractivity contribution in [3.8, 4) is 5.75 Å². The SMILES string of the molecule is COc1ccc(Nc2ncccc2C(=O)N2CCOCC(Cc3cccc4cnccc34)C2)cc1. The lowest BCUT2D eigenvalue weighted by molar-refractivity contribution is 0.0738. The summed E-state index contributed by atoms with van der Waals surface area (Å²) in [6, 6.07) is 19.5. The number of amides is 1. The van der Waals surface area contributed by atoms with Gasteiger partial charge in [0.25, 0.3) is 5.91 Å². The Bertz CT molecular complexity index is 1300. The summed E-state index contributed by atoms with van der Waals surface area (Å²) in [6.07, 6.45) is 6.23. The highest BCUT2D eigenvalue weighted by Gasteiger charge is 2.26. The maximum absolute atomic E-state index is 13.6. The molecule has 0 bridgehead atoms. The summed E-state index contributed by atoms with van der Waals surface area (Å²) in [4.78, 5) is 24.2. The molecule has 7 nitrogen and oxygen atoms in total. The Morgan fingerprint density at radius 2 is 2.00 bits per heavy atom. The van der Waals surface area contributed by atoms with E-state index in [0.717, 1.165) is 23.2 Å². The third-order valence-corrected chi connectivity index (χ3v) is 6.30. The van der Waals surface area contributed by atoms with E-state index < -0.39 is 0 Å². The molecule has 4 aromatic rings. The number of ether oxygens (including phenoxy) is 2. The predicted molar refractivity (Wildman–Crippen MR) is 136 cm³/mol. The number of aromatic nitrogens is 2. The molecule has 3 heterocycles. The molecule has 178 valence electrons. The van der Waals surface area contributed by atoms with Crippen LogP contribution in [0.25, 0.3) is 10.8 Å². The van der Waals surface area contributed by atoms with Gasteiger partial charge in [0.15, 0.2) is 0 Å². The first-order chi connectivity index (χ1) is 17.2. The van der Waals surface area contributed by atoms with Crippen molar-refractivity contribution in [3.05, 3.63) is 90.4 Å². The van der Waals surface area contributed by atoms with E-state index in [9.17, 15) is 4.79 Å². The van der Waals surface area contributed by atoms with Crippen molar-refractivity contribution < 1.29 is 14.3 Å². The Balaban J connectivity index is 1.34. The number of methoxy groups -OCH3 is 1. The Morgan fingerprint density at radius 3 is 2.86 bits per heavy atom. The third-order valence-electron chi connectivity index (χ3n) is 6.30. The summed E-state index contributed by atoms with van der Waals surface area (Å²) in [6.45, 7) is 2.31. The van der Waals surface area contributed by atoms with E-state index in [-0.39, 0.29) is 11.8 Å². The number of nitrogens with one attached hydrogen (secondary N) is 1. The number of carbonyl (C=O) groups excluding carboxylic acids is 1. The standard InChI is InChI=1S/C28H28N4O3/c1-34-24-9-7-23(8-10-24)31-27-26(6-3-12-30-27)28(33)32-14-15-35-19-20(18-32)16-21-4-2-5-22-17-29-13-11-25(21)22/h2-13,17,20H,14-16,18-19H2,1H3,(H,30,31). The zero-order valence-electron chi connectivity index (χ0n) is 19.7. The van der Waals surface area contributed by atoms with Crippen LogP contribution in [0.2, 0.25) is 0 Å². The quantitative estimate of drug-likeness (QED) is 0.442. The first-order valence-corrected chi connectivity index (χ1v) is 11.8. The minimum atomic E-state index is -0.0493. The summed E-state index contributed by atoms with van der Waals surface area (Å²) in [5, 5.41) is 5.60. The Labute approximate surface area is 204 Å². The van der Waals surface area contributed by atoms with Crippen molar-refractivity contribution in [2.45, 2.75) is 6.42 Å². The normalized spacial score (nSPS) is 16.0. The molecule has 1 atom stereocenters. The number of hydrogen-bond acceptors (Lipinski definition) is 6. The fourth-order valence-electron chi connectivity index (χ4n) is 4.53. The number of nitrogens with zero attached hydrogens (tertiary/aromatic N) is 3. The summed E-state index contributed by atoms with van der Waals surface area (Å²) >= 11 is 0. The van der Waals surface area contributed by atoms with Crippen LogP contribution in [0.3, 0.4) is 0 Å². The second-order valence-electron chi connectivity index (χ2n) is 8.66. The molecule has 0 spiro atoms. The smallest absolute Gasteiger partial charge is 0.257 e. The highest BCUT2D eigenvalue weighted by Crippen LogP contribution is 2.25. The fraction of sp³-hybridized carbons (Fsp3) is 0.250. The maximum Gasteiger partial charge on any atom is 0.257 e. The molecule has 2 aromatic heterocycles. The average Bonchev–Trinajstić information content (AvgIpc) is 3.15. The Hall–Kier alpha value is -3.97. The van der Waals surface area contributed by atoms with Crippen LogP contribution < -0.4 is 10.1 Å². The van der Waals surface area contributed by atoms with E-state index >= 15 is 0 Å². The van der Waals surface area contributed by atoms with Crippen molar-refractivity contribution in [1.82, 2.24) is 14.9 Å². The summed E-state index contributed by atoms with van der Waals surface area (Å²) in [7, 11) is 1.63. The molecule has 0 aliphatic carbocycles. The van der Waals surface area contributed by atoms with Gasteiger partial charge in [-0.1, -0.05) is 18.2 Å². The minimum Gasteiger partial charge on any atom is -0.497 e. The number of carbonyl (C=O) groups is 1. The largest absolute Gasteiger partial charge is 0.497 e. The molecule has 1 fully saturated rings. The van der Waals surface area contributed by atoms with E-state index in [1.165, 1.54) is 10.9 Å². The summed E-state index contributed by atoms with van der Waals surface area (Å²) < 4.78 is 11.1. The zero-order chi connectivity index (χ0) is 24.0. The van der Waals surface area contributed by atoms with Crippen molar-refractivity contribution in [1.29, 1.82) is 0 Å². The van der Waals surface area contributed by atoms with Gasteiger partial charge in [-0.25, -0.2) is 4.98 Å². The van der Waals surface area contributed by atoms with Crippen molar-refractivity contribution in [3.63, 3.8) is 0 Å². The monoisotopic (exact) mass is 468 g/mol. The van der Waals surface area contributed by atoms with Crippen LogP contribution >= 0.6 is 0 Å². The highest BCUT2D eigenvalue weighted by atomic mass is 16.5. The average molecular weight is 469 g/mol. The minimum absolute atomic E-state index is 0.0493. The number of rotatable bonds is 6. The van der Waals surface area contributed by atoms with Crippen LogP contribution in [0.5, 0.6) is 5.75 Å². The van der Waals surface area contributed by atoms with Gasteiger partial charge in [0.05, 0.1) is 25.9 Å². The number of benzene rings is 2. The third kappa shape index (κ3) is 5.25. The molecule has 0 saturated carbocycles. The molecule has 2 aromatic carbocycles. The molecule has 5 rings (SSSR count). The van der Waals surface area contributed by atoms with Gasteiger partial charge in [-0.05, 0) is 59.8 Å². The molecule has 0 radical (unpaired) electrons. The van der Waals surface area contributed by atoms with E-state index in [0.29, 0.717) is 37.7 Å². The van der Waals surface area contributed by atoms with Gasteiger partial charge in [-0.2, -0.15) is 0 Å². The van der Waals surface area contributed by atoms with E-state index in [1.807, 2.05) is 47.6 Å². The highest BCUT2D eigenvalue weighted by molar-refractivity contribution is 5.99. The molecule has 1 amide bonds. The first-order valence-electron chi connectivity index (χ1n) is 11.8. The lowest BCUT2D eigenvalue weighted by atomic mass is 9.95. The van der Waals surface area contributed by atoms with Gasteiger partial charge >= 0.3 is 0 Å². The Kier molecular flexibility index (Phi) is 6.86. The molecular weight excluding hydrogens is 440 g/mol. The van der Waals surface area contributed by atoms with Crippen molar-refractivity contribution in [2.75, 3.05) is 38.7 Å². The number of pyridine rings is 2. The topological polar surface area (TPSA) is 76.6 Å². The van der Waals surface area contributed by atoms with Crippen LogP contribution in [-0.2, 0) is 11.2 Å². The first kappa shape index (κ1) is 22.8. The van der Waals surface area contributed by atoms with E-state index in [1.54, 1.807) is 19.4 Å². The van der Waals surface area contributed by atoms with E-state index in [2.05, 4.69) is 39.6 Å². The van der Waals surface area contributed by atoms with Crippen LogP contribution in [0.15, 0.2) is 79.3 Å². The molecule has 1 unspecified atom stereocenters. The van der Waals surface area contributed by atoms with Gasteiger partial charge in [-0.15, -0.1) is 0 Å². The second-order valence-corrected chi connectivity index (χ2v) is 8.66. The van der Waals surface area contributed by atoms with Gasteiger partial charge in [0.2, 0.25) is 0 Å². The van der Waals surface area contributed by atoms with Crippen LogP contribution in [0, 0.1) is 5.92 Å². The van der Waals surface area contributed by atoms with Gasteiger partial charge in [-0.3, -0.25) is 9.78 Å². The molecular formula is C28H28N4O3. The molecule has 1 aliphatic rings. The molecule has 7 heteroatoms. The zero-order valence-corrected chi connectivity index (χ0v) is 19.7. The fourth-order valence-corrected chi connectivity index (χ4v) is 4.53. The second kappa shape index (κ2) is 10.5.